The minimum atomic E-state index is 0.522. The van der Waals surface area contributed by atoms with Crippen LogP contribution in [0.4, 0.5) is 5.13 Å². The van der Waals surface area contributed by atoms with Crippen LogP contribution in [0.1, 0.15) is 6.92 Å². The highest BCUT2D eigenvalue weighted by atomic mass is 32.2. The number of hydrogen-bond acceptors (Lipinski definition) is 6. The number of hydrogen-bond donors (Lipinski definition) is 1. The first kappa shape index (κ1) is 9.76. The summed E-state index contributed by atoms with van der Waals surface area (Å²) in [6.45, 7) is 3.47. The maximum atomic E-state index is 5.41. The average Bonchev–Trinajstić information content (AvgIpc) is 2.45. The Balaban J connectivity index is 2.15. The van der Waals surface area contributed by atoms with Crippen molar-refractivity contribution in [2.75, 3.05) is 24.7 Å². The monoisotopic (exact) mass is 205 g/mol. The van der Waals surface area contributed by atoms with Crippen LogP contribution in [0, 0.1) is 0 Å². The Hall–Kier alpha value is -0.330. The van der Waals surface area contributed by atoms with E-state index in [0.29, 0.717) is 5.13 Å². The fraction of sp³-hybridized carbons (Fsp3) is 0.667. The Morgan fingerprint density at radius 2 is 2.50 bits per heavy atom. The number of nitrogens with two attached hydrogens (primary N) is 1. The van der Waals surface area contributed by atoms with E-state index in [1.807, 2.05) is 6.92 Å². The van der Waals surface area contributed by atoms with Gasteiger partial charge in [-0.3, -0.25) is 0 Å². The van der Waals surface area contributed by atoms with E-state index in [2.05, 4.69) is 9.36 Å². The Morgan fingerprint density at radius 3 is 3.08 bits per heavy atom. The smallest absolute Gasteiger partial charge is 0.202 e. The van der Waals surface area contributed by atoms with Gasteiger partial charge in [-0.05, 0) is 6.92 Å². The van der Waals surface area contributed by atoms with Crippen LogP contribution in [-0.4, -0.2) is 28.3 Å². The molecular formula is C6H11N3OS2. The lowest BCUT2D eigenvalue weighted by Crippen LogP contribution is -1.96. The molecule has 0 atom stereocenters. The molecule has 12 heavy (non-hydrogen) atoms. The van der Waals surface area contributed by atoms with E-state index < -0.39 is 0 Å². The van der Waals surface area contributed by atoms with Gasteiger partial charge in [0.1, 0.15) is 0 Å². The van der Waals surface area contributed by atoms with Crippen molar-refractivity contribution in [3.8, 4) is 0 Å². The molecule has 1 aromatic rings. The second kappa shape index (κ2) is 5.34. The molecule has 0 aromatic carbocycles. The predicted molar refractivity (Wildman–Crippen MR) is 51.5 cm³/mol. The van der Waals surface area contributed by atoms with Crippen LogP contribution in [0.15, 0.2) is 5.16 Å². The summed E-state index contributed by atoms with van der Waals surface area (Å²) < 4.78 is 9.18. The van der Waals surface area contributed by atoms with Gasteiger partial charge in [-0.1, -0.05) is 11.8 Å². The first-order chi connectivity index (χ1) is 5.83. The summed E-state index contributed by atoms with van der Waals surface area (Å²) >= 11 is 2.79. The molecule has 0 aliphatic rings. The quantitative estimate of drug-likeness (QED) is 0.579. The number of aromatic nitrogens is 2. The third-order valence-corrected chi connectivity index (χ3v) is 2.56. The van der Waals surface area contributed by atoms with E-state index in [1.165, 1.54) is 11.5 Å². The average molecular weight is 205 g/mol. The van der Waals surface area contributed by atoms with Crippen LogP contribution in [0.3, 0.4) is 0 Å². The third kappa shape index (κ3) is 3.38. The van der Waals surface area contributed by atoms with Crippen molar-refractivity contribution in [3.05, 3.63) is 0 Å². The molecule has 0 radical (unpaired) electrons. The number of nitrogens with zero attached hydrogens (tertiary/aromatic N) is 2. The maximum Gasteiger partial charge on any atom is 0.202 e. The van der Waals surface area contributed by atoms with Gasteiger partial charge in [0.15, 0.2) is 0 Å². The van der Waals surface area contributed by atoms with Gasteiger partial charge >= 0.3 is 0 Å². The Labute approximate surface area is 79.7 Å². The highest BCUT2D eigenvalue weighted by Crippen LogP contribution is 2.17. The number of ether oxygens (including phenoxy) is 1. The molecule has 1 aromatic heterocycles. The summed E-state index contributed by atoms with van der Waals surface area (Å²) in [5, 5.41) is 1.27. The molecule has 2 N–H and O–H groups in total. The SMILES string of the molecule is CCOCCSc1nsc(N)n1. The lowest BCUT2D eigenvalue weighted by molar-refractivity contribution is 0.164. The molecule has 1 heterocycles. The van der Waals surface area contributed by atoms with Crippen molar-refractivity contribution in [3.63, 3.8) is 0 Å². The highest BCUT2D eigenvalue weighted by molar-refractivity contribution is 7.99. The second-order valence-electron chi connectivity index (χ2n) is 1.96. The van der Waals surface area contributed by atoms with Crippen molar-refractivity contribution in [2.45, 2.75) is 12.1 Å². The van der Waals surface area contributed by atoms with Gasteiger partial charge in [0.25, 0.3) is 0 Å². The third-order valence-electron chi connectivity index (χ3n) is 1.09. The number of anilines is 1. The van der Waals surface area contributed by atoms with Crippen molar-refractivity contribution >= 4 is 28.4 Å². The van der Waals surface area contributed by atoms with Crippen molar-refractivity contribution in [2.24, 2.45) is 0 Å². The summed E-state index contributed by atoms with van der Waals surface area (Å²) in [5.41, 5.74) is 5.41. The van der Waals surface area contributed by atoms with Crippen LogP contribution >= 0.6 is 23.3 Å². The van der Waals surface area contributed by atoms with Gasteiger partial charge < -0.3 is 10.5 Å². The molecule has 6 heteroatoms. The molecule has 0 unspecified atom stereocenters. The zero-order valence-electron chi connectivity index (χ0n) is 6.82. The highest BCUT2D eigenvalue weighted by Gasteiger charge is 2.00. The zero-order valence-corrected chi connectivity index (χ0v) is 8.45. The van der Waals surface area contributed by atoms with Crippen molar-refractivity contribution in [1.29, 1.82) is 0 Å². The summed E-state index contributed by atoms with van der Waals surface area (Å²) in [6, 6.07) is 0. The van der Waals surface area contributed by atoms with E-state index in [9.17, 15) is 0 Å². The van der Waals surface area contributed by atoms with Gasteiger partial charge in [0.2, 0.25) is 10.3 Å². The first-order valence-corrected chi connectivity index (χ1v) is 5.38. The molecule has 0 aliphatic carbocycles. The van der Waals surface area contributed by atoms with Gasteiger partial charge in [0, 0.05) is 23.9 Å². The molecule has 0 amide bonds. The fourth-order valence-corrected chi connectivity index (χ4v) is 1.88. The van der Waals surface area contributed by atoms with Crippen LogP contribution in [-0.2, 0) is 4.74 Å². The maximum absolute atomic E-state index is 5.41. The van der Waals surface area contributed by atoms with Crippen LogP contribution < -0.4 is 5.73 Å². The molecule has 0 fully saturated rings. The van der Waals surface area contributed by atoms with E-state index in [0.717, 1.165) is 24.1 Å². The normalized spacial score (nSPS) is 10.4. The van der Waals surface area contributed by atoms with Gasteiger partial charge in [-0.2, -0.15) is 9.36 Å². The predicted octanol–water partition coefficient (Wildman–Crippen LogP) is 1.25. The second-order valence-corrected chi connectivity index (χ2v) is 3.81. The fourth-order valence-electron chi connectivity index (χ4n) is 0.616. The van der Waals surface area contributed by atoms with E-state index in [-0.39, 0.29) is 0 Å². The Morgan fingerprint density at radius 1 is 1.67 bits per heavy atom. The molecular weight excluding hydrogens is 194 g/mol. The van der Waals surface area contributed by atoms with Crippen LogP contribution in [0.5, 0.6) is 0 Å². The summed E-state index contributed by atoms with van der Waals surface area (Å²) in [7, 11) is 0. The first-order valence-electron chi connectivity index (χ1n) is 3.62. The van der Waals surface area contributed by atoms with Crippen LogP contribution in [0.2, 0.25) is 0 Å². The van der Waals surface area contributed by atoms with Crippen LogP contribution in [0.25, 0.3) is 0 Å². The van der Waals surface area contributed by atoms with E-state index in [1.54, 1.807) is 11.8 Å². The molecule has 0 saturated heterocycles. The topological polar surface area (TPSA) is 61.0 Å². The molecule has 0 aliphatic heterocycles. The number of nitrogen functional groups attached to an aromatic ring is 1. The number of rotatable bonds is 5. The molecule has 0 bridgehead atoms. The van der Waals surface area contributed by atoms with E-state index >= 15 is 0 Å². The summed E-state index contributed by atoms with van der Waals surface area (Å²) in [5.74, 6) is 0.879. The minimum absolute atomic E-state index is 0.522. The zero-order chi connectivity index (χ0) is 8.81. The minimum Gasteiger partial charge on any atom is -0.381 e. The van der Waals surface area contributed by atoms with E-state index in [4.69, 9.17) is 10.5 Å². The van der Waals surface area contributed by atoms with Gasteiger partial charge in [-0.15, -0.1) is 0 Å². The van der Waals surface area contributed by atoms with Crippen molar-refractivity contribution in [1.82, 2.24) is 9.36 Å². The van der Waals surface area contributed by atoms with Crippen molar-refractivity contribution < 1.29 is 4.74 Å². The van der Waals surface area contributed by atoms with Gasteiger partial charge in [0.05, 0.1) is 6.61 Å². The molecule has 1 rings (SSSR count). The molecule has 0 saturated carbocycles. The molecule has 68 valence electrons. The Bertz CT molecular complexity index is 228. The lowest BCUT2D eigenvalue weighted by atomic mass is 10.8. The summed E-state index contributed by atoms with van der Waals surface area (Å²) in [4.78, 5) is 4.00. The Kier molecular flexibility index (Phi) is 4.34. The molecule has 4 nitrogen and oxygen atoms in total. The molecule has 0 spiro atoms. The summed E-state index contributed by atoms with van der Waals surface area (Å²) in [6.07, 6.45) is 0. The lowest BCUT2D eigenvalue weighted by Gasteiger charge is -1.96. The standard InChI is InChI=1S/C6H11N3OS2/c1-2-10-3-4-11-6-8-5(7)12-9-6/h2-4H2,1H3,(H2,7,8,9). The largest absolute Gasteiger partial charge is 0.381 e. The number of thioether (sulfide) groups is 1. The van der Waals surface area contributed by atoms with Gasteiger partial charge in [-0.25, -0.2) is 0 Å².